The first-order chi connectivity index (χ1) is 11.4. The summed E-state index contributed by atoms with van der Waals surface area (Å²) in [5.41, 5.74) is 2.53. The Morgan fingerprint density at radius 2 is 1.75 bits per heavy atom. The molecule has 126 valence electrons. The third kappa shape index (κ3) is 3.15. The fraction of sp³-hybridized carbons (Fsp3) is 0.263. The lowest BCUT2D eigenvalue weighted by atomic mass is 9.92. The summed E-state index contributed by atoms with van der Waals surface area (Å²) >= 11 is 0. The lowest BCUT2D eigenvalue weighted by molar-refractivity contribution is 0.130. The average Bonchev–Trinajstić information content (AvgIpc) is 2.98. The lowest BCUT2D eigenvalue weighted by Gasteiger charge is -2.20. The monoisotopic (exact) mass is 343 g/mol. The zero-order valence-electron chi connectivity index (χ0n) is 13.6. The molecule has 0 spiro atoms. The van der Waals surface area contributed by atoms with Crippen molar-refractivity contribution in [1.29, 1.82) is 0 Å². The number of hydrogen-bond donors (Lipinski definition) is 1. The molecule has 0 aromatic heterocycles. The van der Waals surface area contributed by atoms with Crippen LogP contribution < -0.4 is 0 Å². The van der Waals surface area contributed by atoms with Gasteiger partial charge in [-0.1, -0.05) is 60.2 Å². The summed E-state index contributed by atoms with van der Waals surface area (Å²) in [6.45, 7) is 6.39. The van der Waals surface area contributed by atoms with Crippen molar-refractivity contribution < 1.29 is 13.5 Å². The number of rotatable bonds is 4. The van der Waals surface area contributed by atoms with Gasteiger partial charge in [0.05, 0.1) is 11.0 Å². The van der Waals surface area contributed by atoms with Gasteiger partial charge in [0, 0.05) is 19.0 Å². The van der Waals surface area contributed by atoms with Gasteiger partial charge < -0.3 is 5.11 Å². The maximum atomic E-state index is 12.8. The Balaban J connectivity index is 1.83. The molecule has 0 radical (unpaired) electrons. The van der Waals surface area contributed by atoms with Gasteiger partial charge in [-0.25, -0.2) is 8.42 Å². The van der Waals surface area contributed by atoms with E-state index in [1.54, 1.807) is 24.3 Å². The molecule has 1 aliphatic heterocycles. The van der Waals surface area contributed by atoms with Gasteiger partial charge in [-0.05, 0) is 24.6 Å². The molecule has 1 fully saturated rings. The predicted octanol–water partition coefficient (Wildman–Crippen LogP) is 2.91. The molecule has 0 unspecified atom stereocenters. The molecule has 2 aromatic rings. The highest BCUT2D eigenvalue weighted by Crippen LogP contribution is 2.35. The van der Waals surface area contributed by atoms with Crippen molar-refractivity contribution in [2.45, 2.75) is 17.9 Å². The first-order valence-corrected chi connectivity index (χ1v) is 9.31. The third-order valence-electron chi connectivity index (χ3n) is 4.49. The van der Waals surface area contributed by atoms with Gasteiger partial charge >= 0.3 is 0 Å². The van der Waals surface area contributed by atoms with Gasteiger partial charge in [0.1, 0.15) is 0 Å². The van der Waals surface area contributed by atoms with Crippen LogP contribution in [0.1, 0.15) is 17.2 Å². The van der Waals surface area contributed by atoms with Gasteiger partial charge in [0.15, 0.2) is 0 Å². The molecule has 2 aromatic carbocycles. The number of hydrogen-bond acceptors (Lipinski definition) is 3. The molecule has 0 saturated carbocycles. The molecule has 3 rings (SSSR count). The molecular weight excluding hydrogens is 322 g/mol. The Morgan fingerprint density at radius 1 is 1.12 bits per heavy atom. The van der Waals surface area contributed by atoms with E-state index in [9.17, 15) is 13.5 Å². The largest absolute Gasteiger partial charge is 0.388 e. The number of benzene rings is 2. The molecular formula is C19H21NO3S. The van der Waals surface area contributed by atoms with Crippen LogP contribution in [0.5, 0.6) is 0 Å². The highest BCUT2D eigenvalue weighted by molar-refractivity contribution is 7.89. The molecule has 1 saturated heterocycles. The first-order valence-electron chi connectivity index (χ1n) is 7.87. The van der Waals surface area contributed by atoms with Crippen LogP contribution in [0.3, 0.4) is 0 Å². The Bertz CT molecular complexity index is 829. The standard InChI is InChI=1S/C19H21NO3S/c1-14-8-10-17(11-9-14)24(22,23)20-12-15(2)18(13-20)19(21)16-6-4-3-5-7-16/h3-11,18-19,21H,2,12-13H2,1H3/t18-,19-/m0/s1. The van der Waals surface area contributed by atoms with Crippen LogP contribution in [0.4, 0.5) is 0 Å². The lowest BCUT2D eigenvalue weighted by Crippen LogP contribution is -2.29. The normalized spacial score (nSPS) is 20.2. The molecule has 1 aliphatic rings. The summed E-state index contributed by atoms with van der Waals surface area (Å²) in [6, 6.07) is 16.1. The van der Waals surface area contributed by atoms with E-state index in [1.807, 2.05) is 37.3 Å². The third-order valence-corrected chi connectivity index (χ3v) is 6.31. The van der Waals surface area contributed by atoms with E-state index < -0.39 is 16.1 Å². The summed E-state index contributed by atoms with van der Waals surface area (Å²) in [7, 11) is -3.58. The summed E-state index contributed by atoms with van der Waals surface area (Å²) in [4.78, 5) is 0.274. The van der Waals surface area contributed by atoms with Crippen LogP contribution in [0.15, 0.2) is 71.6 Å². The molecule has 0 bridgehead atoms. The molecule has 4 nitrogen and oxygen atoms in total. The average molecular weight is 343 g/mol. The summed E-state index contributed by atoms with van der Waals surface area (Å²) in [5, 5.41) is 10.6. The van der Waals surface area contributed by atoms with Crippen molar-refractivity contribution in [2.75, 3.05) is 13.1 Å². The topological polar surface area (TPSA) is 57.6 Å². The molecule has 2 atom stereocenters. The van der Waals surface area contributed by atoms with E-state index in [1.165, 1.54) is 4.31 Å². The van der Waals surface area contributed by atoms with E-state index in [-0.39, 0.29) is 23.9 Å². The highest BCUT2D eigenvalue weighted by atomic mass is 32.2. The van der Waals surface area contributed by atoms with Gasteiger partial charge in [0.25, 0.3) is 0 Å². The molecule has 1 N–H and O–H groups in total. The number of aryl methyl sites for hydroxylation is 1. The minimum atomic E-state index is -3.58. The van der Waals surface area contributed by atoms with Crippen LogP contribution in [-0.2, 0) is 10.0 Å². The van der Waals surface area contributed by atoms with Gasteiger partial charge in [0.2, 0.25) is 10.0 Å². The maximum Gasteiger partial charge on any atom is 0.243 e. The van der Waals surface area contributed by atoms with E-state index in [0.717, 1.165) is 16.7 Å². The quantitative estimate of drug-likeness (QED) is 0.869. The fourth-order valence-corrected chi connectivity index (χ4v) is 4.48. The molecule has 1 heterocycles. The second kappa shape index (κ2) is 6.51. The van der Waals surface area contributed by atoms with Crippen molar-refractivity contribution in [3.05, 3.63) is 77.9 Å². The van der Waals surface area contributed by atoms with E-state index in [2.05, 4.69) is 6.58 Å². The Hall–Kier alpha value is -1.95. The number of sulfonamides is 1. The SMILES string of the molecule is C=C1CN(S(=O)(=O)c2ccc(C)cc2)C[C@@H]1[C@@H](O)c1ccccc1. The van der Waals surface area contributed by atoms with E-state index >= 15 is 0 Å². The van der Waals surface area contributed by atoms with Crippen molar-refractivity contribution >= 4 is 10.0 Å². The molecule has 0 aliphatic carbocycles. The maximum absolute atomic E-state index is 12.8. The molecule has 0 amide bonds. The van der Waals surface area contributed by atoms with E-state index in [4.69, 9.17) is 0 Å². The van der Waals surface area contributed by atoms with Crippen molar-refractivity contribution in [3.8, 4) is 0 Å². The number of nitrogens with zero attached hydrogens (tertiary/aromatic N) is 1. The summed E-state index contributed by atoms with van der Waals surface area (Å²) in [5.74, 6) is -0.298. The van der Waals surface area contributed by atoms with Crippen molar-refractivity contribution in [1.82, 2.24) is 4.31 Å². The van der Waals surface area contributed by atoms with Gasteiger partial charge in [-0.3, -0.25) is 0 Å². The zero-order valence-corrected chi connectivity index (χ0v) is 14.4. The Kier molecular flexibility index (Phi) is 4.58. The zero-order chi connectivity index (χ0) is 17.3. The Morgan fingerprint density at radius 3 is 2.38 bits per heavy atom. The summed E-state index contributed by atoms with van der Waals surface area (Å²) < 4.78 is 27.0. The van der Waals surface area contributed by atoms with Crippen LogP contribution in [0.25, 0.3) is 0 Å². The molecule has 24 heavy (non-hydrogen) atoms. The van der Waals surface area contributed by atoms with Crippen LogP contribution >= 0.6 is 0 Å². The van der Waals surface area contributed by atoms with Crippen LogP contribution in [0, 0.1) is 12.8 Å². The minimum Gasteiger partial charge on any atom is -0.388 e. The molecule has 5 heteroatoms. The van der Waals surface area contributed by atoms with Crippen LogP contribution in [0.2, 0.25) is 0 Å². The first kappa shape index (κ1) is 16.9. The second-order valence-corrected chi connectivity index (χ2v) is 8.17. The Labute approximate surface area is 143 Å². The smallest absolute Gasteiger partial charge is 0.243 e. The second-order valence-electron chi connectivity index (χ2n) is 6.23. The van der Waals surface area contributed by atoms with Crippen LogP contribution in [-0.4, -0.2) is 30.9 Å². The number of aliphatic hydroxyl groups is 1. The van der Waals surface area contributed by atoms with E-state index in [0.29, 0.717) is 0 Å². The minimum absolute atomic E-state index is 0.241. The van der Waals surface area contributed by atoms with Crippen molar-refractivity contribution in [3.63, 3.8) is 0 Å². The van der Waals surface area contributed by atoms with Gasteiger partial charge in [-0.15, -0.1) is 0 Å². The number of aliphatic hydroxyl groups excluding tert-OH is 1. The predicted molar refractivity (Wildman–Crippen MR) is 94.0 cm³/mol. The van der Waals surface area contributed by atoms with Crippen molar-refractivity contribution in [2.24, 2.45) is 5.92 Å². The summed E-state index contributed by atoms with van der Waals surface area (Å²) in [6.07, 6.45) is -0.753. The highest BCUT2D eigenvalue weighted by Gasteiger charge is 2.38. The van der Waals surface area contributed by atoms with Gasteiger partial charge in [-0.2, -0.15) is 4.31 Å². The fourth-order valence-electron chi connectivity index (χ4n) is 3.00.